The lowest BCUT2D eigenvalue weighted by Gasteiger charge is -2.10. The van der Waals surface area contributed by atoms with Crippen LogP contribution in [0.25, 0.3) is 17.1 Å². The molecule has 3 aromatic rings. The third kappa shape index (κ3) is 5.76. The van der Waals surface area contributed by atoms with Gasteiger partial charge in [-0.25, -0.2) is 10.5 Å². The quantitative estimate of drug-likeness (QED) is 0.238. The van der Waals surface area contributed by atoms with E-state index >= 15 is 0 Å². The Morgan fingerprint density at radius 2 is 2.03 bits per heavy atom. The van der Waals surface area contributed by atoms with Gasteiger partial charge in [-0.05, 0) is 49.1 Å². The van der Waals surface area contributed by atoms with Gasteiger partial charge in [0.2, 0.25) is 0 Å². The first-order valence-electron chi connectivity index (χ1n) is 9.94. The zero-order valence-electron chi connectivity index (χ0n) is 16.7. The summed E-state index contributed by atoms with van der Waals surface area (Å²) < 4.78 is 7.77. The highest BCUT2D eigenvalue weighted by Crippen LogP contribution is 2.21. The molecule has 0 atom stereocenters. The van der Waals surface area contributed by atoms with Gasteiger partial charge in [-0.15, -0.1) is 0 Å². The molecule has 3 rings (SSSR count). The molecule has 6 nitrogen and oxygen atoms in total. The Bertz CT molecular complexity index is 964. The molecule has 0 aliphatic carbocycles. The zero-order chi connectivity index (χ0) is 20.5. The number of carbonyl (C=O) groups excluding carboxylic acids is 1. The van der Waals surface area contributed by atoms with E-state index in [1.807, 2.05) is 31.2 Å². The summed E-state index contributed by atoms with van der Waals surface area (Å²) in [5.41, 5.74) is 5.72. The summed E-state index contributed by atoms with van der Waals surface area (Å²) in [6.45, 7) is 4.31. The number of benzene rings is 2. The van der Waals surface area contributed by atoms with E-state index in [4.69, 9.17) is 14.9 Å². The van der Waals surface area contributed by atoms with Gasteiger partial charge in [0.05, 0.1) is 11.0 Å². The normalized spacial score (nSPS) is 11.4. The van der Waals surface area contributed by atoms with E-state index in [2.05, 4.69) is 28.8 Å². The first kappa shape index (κ1) is 20.8. The number of hydrogen-bond acceptors (Lipinski definition) is 4. The van der Waals surface area contributed by atoms with E-state index in [9.17, 15) is 4.79 Å². The fourth-order valence-electron chi connectivity index (χ4n) is 3.32. The molecule has 0 saturated heterocycles. The van der Waals surface area contributed by atoms with Crippen LogP contribution in [0, 0.1) is 0 Å². The Labute approximate surface area is 170 Å². The van der Waals surface area contributed by atoms with Crippen LogP contribution in [0.5, 0.6) is 0 Å². The summed E-state index contributed by atoms with van der Waals surface area (Å²) in [7, 11) is 0. The zero-order valence-corrected chi connectivity index (χ0v) is 16.7. The third-order valence-electron chi connectivity index (χ3n) is 4.74. The van der Waals surface area contributed by atoms with Crippen molar-refractivity contribution in [3.8, 4) is 0 Å². The molecule has 0 bridgehead atoms. The van der Waals surface area contributed by atoms with Gasteiger partial charge in [0.15, 0.2) is 0 Å². The van der Waals surface area contributed by atoms with E-state index in [0.717, 1.165) is 61.4 Å². The maximum Gasteiger partial charge on any atom is 0.267 e. The highest BCUT2D eigenvalue weighted by molar-refractivity contribution is 5.91. The lowest BCUT2D eigenvalue weighted by molar-refractivity contribution is -0.124. The highest BCUT2D eigenvalue weighted by Gasteiger charge is 2.11. The molecular formula is C23H27N3O3. The number of aryl methyl sites for hydroxylation is 3. The van der Waals surface area contributed by atoms with Gasteiger partial charge in [-0.3, -0.25) is 10.0 Å². The summed E-state index contributed by atoms with van der Waals surface area (Å²) in [6, 6.07) is 16.4. The van der Waals surface area contributed by atoms with Gasteiger partial charge < -0.3 is 9.30 Å². The Hall–Kier alpha value is -2.96. The summed E-state index contributed by atoms with van der Waals surface area (Å²) in [5, 5.41) is 8.62. The second-order valence-corrected chi connectivity index (χ2v) is 6.77. The molecule has 0 unspecified atom stereocenters. The Morgan fingerprint density at radius 3 is 2.79 bits per heavy atom. The molecule has 2 N–H and O–H groups in total. The van der Waals surface area contributed by atoms with Crippen LogP contribution in [0.3, 0.4) is 0 Å². The number of nitrogens with zero attached hydrogens (tertiary/aromatic N) is 2. The molecule has 1 heterocycles. The van der Waals surface area contributed by atoms with Crippen LogP contribution in [-0.2, 0) is 28.9 Å². The minimum atomic E-state index is -0.560. The summed E-state index contributed by atoms with van der Waals surface area (Å²) in [6.07, 6.45) is 5.65. The lowest BCUT2D eigenvalue weighted by atomic mass is 10.1. The fraction of sp³-hybridized carbons (Fsp3) is 0.304. The molecule has 6 heteroatoms. The smallest absolute Gasteiger partial charge is 0.267 e. The lowest BCUT2D eigenvalue weighted by Crippen LogP contribution is -2.14. The minimum absolute atomic E-state index is 0.560. The van der Waals surface area contributed by atoms with Crippen molar-refractivity contribution >= 4 is 23.0 Å². The van der Waals surface area contributed by atoms with Crippen molar-refractivity contribution < 1.29 is 14.7 Å². The first-order valence-corrected chi connectivity index (χ1v) is 9.94. The average molecular weight is 393 g/mol. The van der Waals surface area contributed by atoms with Crippen LogP contribution in [0.1, 0.15) is 30.3 Å². The average Bonchev–Trinajstić information content (AvgIpc) is 3.11. The van der Waals surface area contributed by atoms with E-state index in [-0.39, 0.29) is 0 Å². The standard InChI is InChI=1S/C23H27N3O3/c1-2-29-16-6-15-26-21-12-9-19(11-14-23(27)25-28)17-20(21)24-22(26)13-10-18-7-4-3-5-8-18/h3-5,7-9,11-12,14,17,28H,2,6,10,13,15-16H2,1H3,(H,25,27). The number of fused-ring (bicyclic) bond motifs is 1. The first-order chi connectivity index (χ1) is 14.2. The van der Waals surface area contributed by atoms with Crippen molar-refractivity contribution in [2.24, 2.45) is 0 Å². The Kier molecular flexibility index (Phi) is 7.55. The summed E-state index contributed by atoms with van der Waals surface area (Å²) >= 11 is 0. The van der Waals surface area contributed by atoms with Crippen molar-refractivity contribution in [2.75, 3.05) is 13.2 Å². The maximum atomic E-state index is 11.2. The van der Waals surface area contributed by atoms with E-state index < -0.39 is 5.91 Å². The van der Waals surface area contributed by atoms with Gasteiger partial charge >= 0.3 is 0 Å². The number of carbonyl (C=O) groups is 1. The molecule has 2 aromatic carbocycles. The molecule has 0 radical (unpaired) electrons. The molecule has 0 saturated carbocycles. The largest absolute Gasteiger partial charge is 0.382 e. The van der Waals surface area contributed by atoms with Crippen molar-refractivity contribution in [2.45, 2.75) is 32.7 Å². The minimum Gasteiger partial charge on any atom is -0.382 e. The van der Waals surface area contributed by atoms with Crippen molar-refractivity contribution in [3.63, 3.8) is 0 Å². The van der Waals surface area contributed by atoms with Gasteiger partial charge in [0.25, 0.3) is 5.91 Å². The van der Waals surface area contributed by atoms with Crippen LogP contribution < -0.4 is 5.48 Å². The molecule has 0 spiro atoms. The molecule has 1 aromatic heterocycles. The third-order valence-corrected chi connectivity index (χ3v) is 4.74. The number of hydrogen-bond donors (Lipinski definition) is 2. The van der Waals surface area contributed by atoms with E-state index in [0.29, 0.717) is 0 Å². The monoisotopic (exact) mass is 393 g/mol. The molecule has 1 amide bonds. The number of rotatable bonds is 10. The van der Waals surface area contributed by atoms with E-state index in [1.165, 1.54) is 11.6 Å². The number of ether oxygens (including phenoxy) is 1. The SMILES string of the molecule is CCOCCCn1c(CCc2ccccc2)nc2cc(C=CC(=O)NO)ccc21. The summed E-state index contributed by atoms with van der Waals surface area (Å²) in [5.74, 6) is 0.490. The summed E-state index contributed by atoms with van der Waals surface area (Å²) in [4.78, 5) is 16.1. The van der Waals surface area contributed by atoms with Crippen molar-refractivity contribution in [3.05, 3.63) is 71.6 Å². The predicted octanol–water partition coefficient (Wildman–Crippen LogP) is 3.77. The Morgan fingerprint density at radius 1 is 1.21 bits per heavy atom. The maximum absolute atomic E-state index is 11.2. The number of aromatic nitrogens is 2. The Balaban J connectivity index is 1.84. The molecule has 0 fully saturated rings. The number of amides is 1. The number of nitrogens with one attached hydrogen (secondary N) is 1. The fourth-order valence-corrected chi connectivity index (χ4v) is 3.32. The second-order valence-electron chi connectivity index (χ2n) is 6.77. The molecule has 152 valence electrons. The van der Waals surface area contributed by atoms with Gasteiger partial charge in [0.1, 0.15) is 5.82 Å². The van der Waals surface area contributed by atoms with Gasteiger partial charge in [0, 0.05) is 32.3 Å². The molecule has 29 heavy (non-hydrogen) atoms. The topological polar surface area (TPSA) is 76.4 Å². The van der Waals surface area contributed by atoms with Crippen molar-refractivity contribution in [1.29, 1.82) is 0 Å². The van der Waals surface area contributed by atoms with Crippen LogP contribution in [0.15, 0.2) is 54.6 Å². The molecule has 0 aliphatic heterocycles. The van der Waals surface area contributed by atoms with Crippen LogP contribution in [0.4, 0.5) is 0 Å². The molecular weight excluding hydrogens is 366 g/mol. The highest BCUT2D eigenvalue weighted by atomic mass is 16.5. The van der Waals surface area contributed by atoms with E-state index in [1.54, 1.807) is 11.6 Å². The number of imidazole rings is 1. The van der Waals surface area contributed by atoms with Crippen LogP contribution in [-0.4, -0.2) is 33.9 Å². The van der Waals surface area contributed by atoms with Crippen molar-refractivity contribution in [1.82, 2.24) is 15.0 Å². The van der Waals surface area contributed by atoms with Crippen LogP contribution >= 0.6 is 0 Å². The second kappa shape index (κ2) is 10.5. The number of hydroxylamine groups is 1. The van der Waals surface area contributed by atoms with Gasteiger partial charge in [-0.1, -0.05) is 36.4 Å². The van der Waals surface area contributed by atoms with Crippen LogP contribution in [0.2, 0.25) is 0 Å². The molecule has 0 aliphatic rings. The van der Waals surface area contributed by atoms with Gasteiger partial charge in [-0.2, -0.15) is 0 Å². The predicted molar refractivity (Wildman–Crippen MR) is 114 cm³/mol.